The quantitative estimate of drug-likeness (QED) is 0.713. The van der Waals surface area contributed by atoms with Crippen molar-refractivity contribution in [2.45, 2.75) is 6.92 Å². The highest BCUT2D eigenvalue weighted by Gasteiger charge is 2.43. The Labute approximate surface area is 108 Å². The first-order chi connectivity index (χ1) is 8.68. The van der Waals surface area contributed by atoms with Crippen LogP contribution in [0.3, 0.4) is 0 Å². The summed E-state index contributed by atoms with van der Waals surface area (Å²) in [5.41, 5.74) is 0.973. The van der Waals surface area contributed by atoms with Crippen molar-refractivity contribution in [1.82, 2.24) is 4.98 Å². The lowest BCUT2D eigenvalue weighted by Crippen LogP contribution is -2.32. The Morgan fingerprint density at radius 3 is 2.83 bits per heavy atom. The number of rotatable bonds is 1. The van der Waals surface area contributed by atoms with E-state index in [9.17, 15) is 9.59 Å². The fraction of sp³-hybridized carbons (Fsp3) is 0.250. The number of amides is 2. The molecule has 18 heavy (non-hydrogen) atoms. The smallest absolute Gasteiger partial charge is 0.303 e. The SMILES string of the molecule is Cc1ccc(N2C(=O)C3=C(SCCO3)C2=O)nc1. The molecule has 2 aliphatic rings. The second-order valence-electron chi connectivity index (χ2n) is 3.99. The van der Waals surface area contributed by atoms with Gasteiger partial charge in [-0.2, -0.15) is 0 Å². The summed E-state index contributed by atoms with van der Waals surface area (Å²) in [5, 5.41) is 0. The third kappa shape index (κ3) is 1.60. The summed E-state index contributed by atoms with van der Waals surface area (Å²) in [7, 11) is 0. The number of carbonyl (C=O) groups excluding carboxylic acids is 2. The zero-order valence-corrected chi connectivity index (χ0v) is 10.5. The number of nitrogens with zero attached hydrogens (tertiary/aromatic N) is 2. The predicted molar refractivity (Wildman–Crippen MR) is 66.9 cm³/mol. The summed E-state index contributed by atoms with van der Waals surface area (Å²) in [6.45, 7) is 2.35. The maximum atomic E-state index is 12.1. The number of hydrogen-bond acceptors (Lipinski definition) is 5. The molecule has 2 aliphatic heterocycles. The molecule has 0 unspecified atom stereocenters. The molecule has 3 rings (SSSR count). The van der Waals surface area contributed by atoms with E-state index in [-0.39, 0.29) is 11.7 Å². The number of anilines is 1. The number of hydrogen-bond donors (Lipinski definition) is 0. The molecule has 0 aliphatic carbocycles. The highest BCUT2D eigenvalue weighted by atomic mass is 32.2. The summed E-state index contributed by atoms with van der Waals surface area (Å²) in [6, 6.07) is 3.47. The van der Waals surface area contributed by atoms with Crippen LogP contribution in [0, 0.1) is 6.92 Å². The number of aryl methyl sites for hydroxylation is 1. The lowest BCUT2D eigenvalue weighted by molar-refractivity contribution is -0.121. The second kappa shape index (κ2) is 4.13. The van der Waals surface area contributed by atoms with E-state index in [4.69, 9.17) is 4.74 Å². The molecule has 1 aromatic rings. The zero-order valence-electron chi connectivity index (χ0n) is 9.67. The number of imide groups is 1. The van der Waals surface area contributed by atoms with Gasteiger partial charge in [-0.25, -0.2) is 9.88 Å². The van der Waals surface area contributed by atoms with Crippen LogP contribution in [0.15, 0.2) is 29.0 Å². The van der Waals surface area contributed by atoms with E-state index in [1.165, 1.54) is 11.8 Å². The molecule has 92 valence electrons. The van der Waals surface area contributed by atoms with Crippen molar-refractivity contribution in [2.24, 2.45) is 0 Å². The van der Waals surface area contributed by atoms with Crippen LogP contribution in [0.1, 0.15) is 5.56 Å². The fourth-order valence-corrected chi connectivity index (χ4v) is 2.69. The normalized spacial score (nSPS) is 19.1. The molecule has 0 atom stereocenters. The van der Waals surface area contributed by atoms with E-state index in [0.29, 0.717) is 23.1 Å². The minimum atomic E-state index is -0.418. The largest absolute Gasteiger partial charge is 0.486 e. The molecule has 0 N–H and O–H groups in total. The van der Waals surface area contributed by atoms with Crippen molar-refractivity contribution >= 4 is 29.4 Å². The van der Waals surface area contributed by atoms with Gasteiger partial charge in [-0.1, -0.05) is 6.07 Å². The minimum absolute atomic E-state index is 0.165. The van der Waals surface area contributed by atoms with Crippen LogP contribution in [0.25, 0.3) is 0 Å². The van der Waals surface area contributed by atoms with Crippen LogP contribution >= 0.6 is 11.8 Å². The molecule has 0 saturated heterocycles. The van der Waals surface area contributed by atoms with Gasteiger partial charge in [-0.3, -0.25) is 9.59 Å². The van der Waals surface area contributed by atoms with Crippen LogP contribution in [0.4, 0.5) is 5.82 Å². The average molecular weight is 262 g/mol. The molecule has 3 heterocycles. The number of thioether (sulfide) groups is 1. The molecule has 1 aromatic heterocycles. The third-order valence-corrected chi connectivity index (χ3v) is 3.72. The van der Waals surface area contributed by atoms with E-state index in [2.05, 4.69) is 4.98 Å². The monoisotopic (exact) mass is 262 g/mol. The first-order valence-corrected chi connectivity index (χ1v) is 6.48. The van der Waals surface area contributed by atoms with Crippen LogP contribution in [0.5, 0.6) is 0 Å². The van der Waals surface area contributed by atoms with Gasteiger partial charge >= 0.3 is 5.91 Å². The Bertz CT molecular complexity index is 537. The van der Waals surface area contributed by atoms with Gasteiger partial charge in [0, 0.05) is 11.9 Å². The lowest BCUT2D eigenvalue weighted by Gasteiger charge is -2.13. The molecular formula is C12H10N2O3S. The molecule has 0 bridgehead atoms. The number of carbonyl (C=O) groups is 2. The Balaban J connectivity index is 1.99. The van der Waals surface area contributed by atoms with Gasteiger partial charge in [-0.15, -0.1) is 11.8 Å². The Morgan fingerprint density at radius 2 is 2.17 bits per heavy atom. The van der Waals surface area contributed by atoms with Crippen molar-refractivity contribution < 1.29 is 14.3 Å². The molecule has 0 saturated carbocycles. The van der Waals surface area contributed by atoms with E-state index < -0.39 is 5.91 Å². The topological polar surface area (TPSA) is 59.5 Å². The Kier molecular flexibility index (Phi) is 2.59. The molecule has 0 radical (unpaired) electrons. The molecule has 6 heteroatoms. The van der Waals surface area contributed by atoms with Gasteiger partial charge < -0.3 is 4.74 Å². The maximum absolute atomic E-state index is 12.1. The van der Waals surface area contributed by atoms with Gasteiger partial charge in [-0.05, 0) is 18.6 Å². The summed E-state index contributed by atoms with van der Waals surface area (Å²) >= 11 is 1.36. The standard InChI is InChI=1S/C12H10N2O3S/c1-7-2-3-8(13-6-7)14-11(15)9-10(12(14)16)18-5-4-17-9/h2-3,6H,4-5H2,1H3. The van der Waals surface area contributed by atoms with Crippen LogP contribution in [-0.4, -0.2) is 29.2 Å². The van der Waals surface area contributed by atoms with Gasteiger partial charge in [0.05, 0.1) is 6.61 Å². The number of aromatic nitrogens is 1. The Hall–Kier alpha value is -1.82. The van der Waals surface area contributed by atoms with Gasteiger partial charge in [0.15, 0.2) is 0 Å². The van der Waals surface area contributed by atoms with E-state index in [1.807, 2.05) is 13.0 Å². The summed E-state index contributed by atoms with van der Waals surface area (Å²) in [4.78, 5) is 29.8. The number of ether oxygens (including phenoxy) is 1. The maximum Gasteiger partial charge on any atom is 0.303 e. The molecule has 0 fully saturated rings. The van der Waals surface area contributed by atoms with Crippen molar-refractivity contribution in [1.29, 1.82) is 0 Å². The second-order valence-corrected chi connectivity index (χ2v) is 5.10. The highest BCUT2D eigenvalue weighted by molar-refractivity contribution is 8.04. The third-order valence-electron chi connectivity index (χ3n) is 2.70. The summed E-state index contributed by atoms with van der Waals surface area (Å²) < 4.78 is 5.28. The highest BCUT2D eigenvalue weighted by Crippen LogP contribution is 2.35. The molecule has 2 amide bonds. The van der Waals surface area contributed by atoms with Gasteiger partial charge in [0.25, 0.3) is 5.91 Å². The van der Waals surface area contributed by atoms with Crippen molar-refractivity contribution in [3.8, 4) is 0 Å². The summed E-state index contributed by atoms with van der Waals surface area (Å²) in [5.74, 6) is 0.440. The van der Waals surface area contributed by atoms with Crippen molar-refractivity contribution in [3.63, 3.8) is 0 Å². The van der Waals surface area contributed by atoms with Crippen LogP contribution < -0.4 is 4.90 Å². The van der Waals surface area contributed by atoms with Crippen LogP contribution in [-0.2, 0) is 14.3 Å². The van der Waals surface area contributed by atoms with E-state index >= 15 is 0 Å². The minimum Gasteiger partial charge on any atom is -0.486 e. The van der Waals surface area contributed by atoms with Crippen LogP contribution in [0.2, 0.25) is 0 Å². The first kappa shape index (κ1) is 11.3. The van der Waals surface area contributed by atoms with E-state index in [1.54, 1.807) is 12.3 Å². The van der Waals surface area contributed by atoms with Crippen molar-refractivity contribution in [3.05, 3.63) is 34.6 Å². The molecule has 0 aromatic carbocycles. The zero-order chi connectivity index (χ0) is 12.7. The average Bonchev–Trinajstić information content (AvgIpc) is 2.64. The first-order valence-electron chi connectivity index (χ1n) is 5.50. The number of pyridine rings is 1. The molecule has 0 spiro atoms. The van der Waals surface area contributed by atoms with Crippen molar-refractivity contribution in [2.75, 3.05) is 17.3 Å². The lowest BCUT2D eigenvalue weighted by atomic mass is 10.3. The molecule has 5 nitrogen and oxygen atoms in total. The van der Waals surface area contributed by atoms with Gasteiger partial charge in [0.1, 0.15) is 10.7 Å². The van der Waals surface area contributed by atoms with E-state index in [0.717, 1.165) is 10.5 Å². The summed E-state index contributed by atoms with van der Waals surface area (Å²) in [6.07, 6.45) is 1.63. The Morgan fingerprint density at radius 1 is 1.33 bits per heavy atom. The van der Waals surface area contributed by atoms with Gasteiger partial charge in [0.2, 0.25) is 5.76 Å². The molecular weight excluding hydrogens is 252 g/mol. The predicted octanol–water partition coefficient (Wildman–Crippen LogP) is 1.24. The fourth-order valence-electron chi connectivity index (χ4n) is 1.83.